The van der Waals surface area contributed by atoms with Crippen LogP contribution in [0.5, 0.6) is 0 Å². The number of benzene rings is 1. The molecule has 110 valence electrons. The van der Waals surface area contributed by atoms with Crippen molar-refractivity contribution in [2.24, 2.45) is 0 Å². The number of anilines is 2. The first kappa shape index (κ1) is 15.4. The molecule has 0 saturated carbocycles. The van der Waals surface area contributed by atoms with Crippen LogP contribution in [0.25, 0.3) is 0 Å². The van der Waals surface area contributed by atoms with Crippen LogP contribution in [-0.2, 0) is 0 Å². The third-order valence-corrected chi connectivity index (χ3v) is 3.73. The number of rotatable bonds is 5. The number of aryl methyl sites for hydroxylation is 1. The van der Waals surface area contributed by atoms with E-state index in [1.807, 2.05) is 25.1 Å². The standard InChI is InChI=1S/C15H17BrN4O/c1-3-6-18-14-9-17-8-13(20-14)15(21)19-11-4-5-12(16)10(2)7-11/h4-5,7-9H,3,6H2,1-2H3,(H,18,20)(H,19,21). The minimum absolute atomic E-state index is 0.274. The van der Waals surface area contributed by atoms with E-state index in [1.54, 1.807) is 6.20 Å². The Hall–Kier alpha value is -1.95. The van der Waals surface area contributed by atoms with Crippen molar-refractivity contribution in [2.45, 2.75) is 20.3 Å². The quantitative estimate of drug-likeness (QED) is 0.865. The molecule has 0 aliphatic carbocycles. The van der Waals surface area contributed by atoms with Gasteiger partial charge in [0, 0.05) is 16.7 Å². The summed E-state index contributed by atoms with van der Waals surface area (Å²) in [5, 5.41) is 5.93. The van der Waals surface area contributed by atoms with Crippen LogP contribution >= 0.6 is 15.9 Å². The molecule has 5 nitrogen and oxygen atoms in total. The first-order valence-corrected chi connectivity index (χ1v) is 7.53. The lowest BCUT2D eigenvalue weighted by molar-refractivity contribution is 0.102. The molecule has 0 saturated heterocycles. The summed E-state index contributed by atoms with van der Waals surface area (Å²) in [4.78, 5) is 20.5. The minimum atomic E-state index is -0.274. The molecule has 0 unspecified atom stereocenters. The zero-order valence-corrected chi connectivity index (χ0v) is 13.6. The molecule has 1 heterocycles. The van der Waals surface area contributed by atoms with Crippen LogP contribution < -0.4 is 10.6 Å². The third kappa shape index (κ3) is 4.26. The Morgan fingerprint density at radius 1 is 1.33 bits per heavy atom. The van der Waals surface area contributed by atoms with Crippen molar-refractivity contribution in [2.75, 3.05) is 17.2 Å². The fraction of sp³-hybridized carbons (Fsp3) is 0.267. The van der Waals surface area contributed by atoms with Crippen LogP contribution in [0.3, 0.4) is 0 Å². The molecule has 6 heteroatoms. The molecule has 0 bridgehead atoms. The Labute approximate surface area is 132 Å². The largest absolute Gasteiger partial charge is 0.369 e. The van der Waals surface area contributed by atoms with E-state index in [0.29, 0.717) is 5.82 Å². The van der Waals surface area contributed by atoms with E-state index in [1.165, 1.54) is 6.20 Å². The molecule has 1 aromatic heterocycles. The van der Waals surface area contributed by atoms with Crippen molar-refractivity contribution in [3.8, 4) is 0 Å². The zero-order valence-electron chi connectivity index (χ0n) is 12.0. The molecule has 0 atom stereocenters. The maximum atomic E-state index is 12.2. The second-order valence-electron chi connectivity index (χ2n) is 4.63. The molecule has 2 aromatic rings. The third-order valence-electron chi connectivity index (χ3n) is 2.84. The number of nitrogens with one attached hydrogen (secondary N) is 2. The van der Waals surface area contributed by atoms with E-state index in [9.17, 15) is 4.79 Å². The van der Waals surface area contributed by atoms with Crippen molar-refractivity contribution in [1.82, 2.24) is 9.97 Å². The summed E-state index contributed by atoms with van der Waals surface area (Å²) < 4.78 is 1.01. The van der Waals surface area contributed by atoms with E-state index in [2.05, 4.69) is 43.5 Å². The molecule has 0 aliphatic heterocycles. The van der Waals surface area contributed by atoms with Crippen LogP contribution in [0.4, 0.5) is 11.5 Å². The van der Waals surface area contributed by atoms with Gasteiger partial charge in [-0.1, -0.05) is 22.9 Å². The smallest absolute Gasteiger partial charge is 0.275 e. The second kappa shape index (κ2) is 7.17. The lowest BCUT2D eigenvalue weighted by Gasteiger charge is -2.08. The molecule has 0 radical (unpaired) electrons. The Bertz CT molecular complexity index is 645. The van der Waals surface area contributed by atoms with Gasteiger partial charge in [-0.3, -0.25) is 9.78 Å². The van der Waals surface area contributed by atoms with Gasteiger partial charge in [0.05, 0.1) is 12.4 Å². The molecule has 1 amide bonds. The highest BCUT2D eigenvalue weighted by Crippen LogP contribution is 2.20. The summed E-state index contributed by atoms with van der Waals surface area (Å²) in [6.07, 6.45) is 4.05. The van der Waals surface area contributed by atoms with Gasteiger partial charge in [-0.2, -0.15) is 0 Å². The fourth-order valence-electron chi connectivity index (χ4n) is 1.73. The average molecular weight is 349 g/mol. The maximum absolute atomic E-state index is 12.2. The lowest BCUT2D eigenvalue weighted by atomic mass is 10.2. The van der Waals surface area contributed by atoms with Gasteiger partial charge in [-0.05, 0) is 37.1 Å². The Balaban J connectivity index is 2.10. The van der Waals surface area contributed by atoms with Gasteiger partial charge in [0.25, 0.3) is 5.91 Å². The second-order valence-corrected chi connectivity index (χ2v) is 5.49. The van der Waals surface area contributed by atoms with Crippen LogP contribution in [-0.4, -0.2) is 22.4 Å². The van der Waals surface area contributed by atoms with Gasteiger partial charge in [0.15, 0.2) is 0 Å². The SMILES string of the molecule is CCCNc1cncc(C(=O)Nc2ccc(Br)c(C)c2)n1. The Morgan fingerprint density at radius 3 is 2.86 bits per heavy atom. The molecule has 0 aliphatic rings. The number of amides is 1. The molecule has 1 aromatic carbocycles. The maximum Gasteiger partial charge on any atom is 0.275 e. The summed E-state index contributed by atoms with van der Waals surface area (Å²) in [6.45, 7) is 4.83. The van der Waals surface area contributed by atoms with Crippen LogP contribution in [0, 0.1) is 6.92 Å². The fourth-order valence-corrected chi connectivity index (χ4v) is 1.98. The summed E-state index contributed by atoms with van der Waals surface area (Å²) in [5.41, 5.74) is 2.07. The predicted molar refractivity (Wildman–Crippen MR) is 87.6 cm³/mol. The number of hydrogen-bond acceptors (Lipinski definition) is 4. The summed E-state index contributed by atoms with van der Waals surface area (Å²) in [7, 11) is 0. The van der Waals surface area contributed by atoms with Gasteiger partial charge in [-0.25, -0.2) is 4.98 Å². The van der Waals surface area contributed by atoms with E-state index in [4.69, 9.17) is 0 Å². The lowest BCUT2D eigenvalue weighted by Crippen LogP contribution is -2.15. The van der Waals surface area contributed by atoms with Gasteiger partial charge < -0.3 is 10.6 Å². The van der Waals surface area contributed by atoms with Crippen molar-refractivity contribution in [3.63, 3.8) is 0 Å². The number of hydrogen-bond donors (Lipinski definition) is 2. The highest BCUT2D eigenvalue weighted by Gasteiger charge is 2.09. The highest BCUT2D eigenvalue weighted by atomic mass is 79.9. The zero-order chi connectivity index (χ0) is 15.2. The molecular formula is C15H17BrN4O. The number of carbonyl (C=O) groups excluding carboxylic acids is 1. The van der Waals surface area contributed by atoms with Crippen molar-refractivity contribution < 1.29 is 4.79 Å². The number of aromatic nitrogens is 2. The average Bonchev–Trinajstić information content (AvgIpc) is 2.49. The van der Waals surface area contributed by atoms with E-state index < -0.39 is 0 Å². The highest BCUT2D eigenvalue weighted by molar-refractivity contribution is 9.10. The molecule has 2 N–H and O–H groups in total. The van der Waals surface area contributed by atoms with Crippen LogP contribution in [0.2, 0.25) is 0 Å². The van der Waals surface area contributed by atoms with Crippen molar-refractivity contribution in [3.05, 3.63) is 46.3 Å². The number of halogens is 1. The summed E-state index contributed by atoms with van der Waals surface area (Å²) in [5.74, 6) is 0.334. The summed E-state index contributed by atoms with van der Waals surface area (Å²) in [6, 6.07) is 5.63. The van der Waals surface area contributed by atoms with E-state index in [-0.39, 0.29) is 11.6 Å². The molecule has 21 heavy (non-hydrogen) atoms. The first-order valence-electron chi connectivity index (χ1n) is 6.73. The van der Waals surface area contributed by atoms with Crippen LogP contribution in [0.1, 0.15) is 29.4 Å². The molecular weight excluding hydrogens is 332 g/mol. The predicted octanol–water partition coefficient (Wildman–Crippen LogP) is 3.62. The normalized spacial score (nSPS) is 10.2. The van der Waals surface area contributed by atoms with Gasteiger partial charge in [0.2, 0.25) is 0 Å². The van der Waals surface area contributed by atoms with E-state index in [0.717, 1.165) is 28.7 Å². The Kier molecular flexibility index (Phi) is 5.27. The van der Waals surface area contributed by atoms with Crippen molar-refractivity contribution >= 4 is 33.3 Å². The monoisotopic (exact) mass is 348 g/mol. The van der Waals surface area contributed by atoms with Crippen molar-refractivity contribution in [1.29, 1.82) is 0 Å². The Morgan fingerprint density at radius 2 is 2.14 bits per heavy atom. The summed E-state index contributed by atoms with van der Waals surface area (Å²) >= 11 is 3.43. The molecule has 0 fully saturated rings. The minimum Gasteiger partial charge on any atom is -0.369 e. The molecule has 0 spiro atoms. The van der Waals surface area contributed by atoms with Crippen LogP contribution in [0.15, 0.2) is 35.1 Å². The number of nitrogens with zero attached hydrogens (tertiary/aromatic N) is 2. The topological polar surface area (TPSA) is 66.9 Å². The van der Waals surface area contributed by atoms with E-state index >= 15 is 0 Å². The number of carbonyl (C=O) groups is 1. The van der Waals surface area contributed by atoms with Gasteiger partial charge >= 0.3 is 0 Å². The first-order chi connectivity index (χ1) is 10.1. The molecule has 2 rings (SSSR count). The van der Waals surface area contributed by atoms with Gasteiger partial charge in [-0.15, -0.1) is 0 Å². The van der Waals surface area contributed by atoms with Gasteiger partial charge in [0.1, 0.15) is 11.5 Å².